The summed E-state index contributed by atoms with van der Waals surface area (Å²) in [6, 6.07) is 3.32. The number of sulfonamides is 1. The van der Waals surface area contributed by atoms with Gasteiger partial charge in [-0.1, -0.05) is 6.07 Å². The van der Waals surface area contributed by atoms with Gasteiger partial charge in [-0.3, -0.25) is 4.72 Å². The van der Waals surface area contributed by atoms with Gasteiger partial charge >= 0.3 is 0 Å². The number of anilines is 1. The average Bonchev–Trinajstić information content (AvgIpc) is 2.80. The van der Waals surface area contributed by atoms with Gasteiger partial charge in [0, 0.05) is 17.6 Å². The van der Waals surface area contributed by atoms with E-state index in [9.17, 15) is 8.42 Å². The molecule has 1 heterocycles. The molecule has 19 heavy (non-hydrogen) atoms. The molecule has 0 aliphatic rings. The molecule has 0 radical (unpaired) electrons. The van der Waals surface area contributed by atoms with E-state index in [2.05, 4.69) is 9.71 Å². The lowest BCUT2D eigenvalue weighted by Crippen LogP contribution is -2.14. The molecule has 0 bridgehead atoms. The van der Waals surface area contributed by atoms with E-state index in [1.54, 1.807) is 24.6 Å². The van der Waals surface area contributed by atoms with Gasteiger partial charge in [0.1, 0.15) is 5.75 Å². The van der Waals surface area contributed by atoms with Gasteiger partial charge in [-0.25, -0.2) is 13.4 Å². The van der Waals surface area contributed by atoms with Crippen molar-refractivity contribution in [3.63, 3.8) is 0 Å². The summed E-state index contributed by atoms with van der Waals surface area (Å²) in [7, 11) is -2.13. The third-order valence-electron chi connectivity index (χ3n) is 2.64. The number of thiazole rings is 1. The molecule has 1 aromatic heterocycles. The molecule has 0 saturated heterocycles. The molecule has 2 rings (SSSR count). The van der Waals surface area contributed by atoms with Crippen molar-refractivity contribution in [2.45, 2.75) is 18.7 Å². The van der Waals surface area contributed by atoms with Crippen LogP contribution in [0.25, 0.3) is 0 Å². The number of ether oxygens (including phenoxy) is 1. The molecule has 0 amide bonds. The molecule has 7 heteroatoms. The first-order chi connectivity index (χ1) is 8.94. The first-order valence-corrected chi connectivity index (χ1v) is 7.88. The molecular weight excluding hydrogens is 284 g/mol. The topological polar surface area (TPSA) is 68.3 Å². The predicted octanol–water partition coefficient (Wildman–Crippen LogP) is 2.57. The van der Waals surface area contributed by atoms with Gasteiger partial charge in [0.05, 0.1) is 12.0 Å². The molecule has 0 unspecified atom stereocenters. The second-order valence-corrected chi connectivity index (χ2v) is 6.58. The van der Waals surface area contributed by atoms with Crippen LogP contribution in [0.5, 0.6) is 5.75 Å². The van der Waals surface area contributed by atoms with E-state index in [1.165, 1.54) is 24.5 Å². The molecule has 0 spiro atoms. The van der Waals surface area contributed by atoms with Crippen LogP contribution in [0, 0.1) is 13.8 Å². The van der Waals surface area contributed by atoms with Crippen LogP contribution in [0.15, 0.2) is 28.6 Å². The summed E-state index contributed by atoms with van der Waals surface area (Å²) in [5, 5.41) is 2.06. The smallest absolute Gasteiger partial charge is 0.264 e. The van der Waals surface area contributed by atoms with Crippen molar-refractivity contribution in [2.24, 2.45) is 0 Å². The number of hydrogen-bond donors (Lipinski definition) is 1. The average molecular weight is 298 g/mol. The zero-order valence-electron chi connectivity index (χ0n) is 10.8. The summed E-state index contributed by atoms with van der Waals surface area (Å²) < 4.78 is 32.2. The first-order valence-electron chi connectivity index (χ1n) is 5.51. The maximum absolute atomic E-state index is 12.3. The minimum Gasteiger partial charge on any atom is -0.496 e. The maximum Gasteiger partial charge on any atom is 0.264 e. The number of nitrogens with one attached hydrogen (secondary N) is 1. The number of aromatic nitrogens is 1. The normalized spacial score (nSPS) is 11.3. The molecule has 0 atom stereocenters. The molecule has 102 valence electrons. The van der Waals surface area contributed by atoms with Crippen LogP contribution in [0.2, 0.25) is 0 Å². The van der Waals surface area contributed by atoms with Gasteiger partial charge in [0.2, 0.25) is 0 Å². The van der Waals surface area contributed by atoms with E-state index >= 15 is 0 Å². The largest absolute Gasteiger partial charge is 0.496 e. The number of methoxy groups -OCH3 is 1. The summed E-state index contributed by atoms with van der Waals surface area (Å²) in [5.74, 6) is 0.546. The van der Waals surface area contributed by atoms with E-state index in [0.717, 1.165) is 5.56 Å². The number of rotatable bonds is 4. The highest BCUT2D eigenvalue weighted by molar-refractivity contribution is 7.93. The van der Waals surface area contributed by atoms with E-state index in [4.69, 9.17) is 4.74 Å². The van der Waals surface area contributed by atoms with E-state index < -0.39 is 10.0 Å². The van der Waals surface area contributed by atoms with Crippen LogP contribution in [0.1, 0.15) is 11.1 Å². The highest BCUT2D eigenvalue weighted by atomic mass is 32.2. The molecule has 5 nitrogen and oxygen atoms in total. The number of nitrogens with zero attached hydrogens (tertiary/aromatic N) is 1. The van der Waals surface area contributed by atoms with Gasteiger partial charge in [0.15, 0.2) is 5.13 Å². The van der Waals surface area contributed by atoms with E-state index in [-0.39, 0.29) is 4.90 Å². The molecule has 1 aromatic carbocycles. The van der Waals surface area contributed by atoms with Crippen molar-refractivity contribution in [1.29, 1.82) is 0 Å². The molecule has 0 saturated carbocycles. The van der Waals surface area contributed by atoms with E-state index in [1.807, 2.05) is 6.92 Å². The standard InChI is InChI=1S/C12H14N2O3S2/c1-8-6-9(2)11(7-10(8)17-3)19(15,16)14-12-13-4-5-18-12/h4-7H,1-3H3,(H,13,14). The summed E-state index contributed by atoms with van der Waals surface area (Å²) in [6.07, 6.45) is 1.55. The first kappa shape index (κ1) is 13.8. The second kappa shape index (κ2) is 5.18. The number of hydrogen-bond acceptors (Lipinski definition) is 5. The van der Waals surface area contributed by atoms with Crippen molar-refractivity contribution in [2.75, 3.05) is 11.8 Å². The van der Waals surface area contributed by atoms with Crippen LogP contribution in [-0.2, 0) is 10.0 Å². The Morgan fingerprint density at radius 3 is 2.58 bits per heavy atom. The fourth-order valence-electron chi connectivity index (χ4n) is 1.77. The van der Waals surface area contributed by atoms with E-state index in [0.29, 0.717) is 16.4 Å². The summed E-state index contributed by atoms with van der Waals surface area (Å²) in [6.45, 7) is 3.62. The third-order valence-corrected chi connectivity index (χ3v) is 4.93. The maximum atomic E-state index is 12.3. The Balaban J connectivity index is 2.45. The van der Waals surface area contributed by atoms with Crippen LogP contribution in [-0.4, -0.2) is 20.5 Å². The quantitative estimate of drug-likeness (QED) is 0.942. The van der Waals surface area contributed by atoms with Crippen molar-refractivity contribution < 1.29 is 13.2 Å². The Morgan fingerprint density at radius 1 is 1.26 bits per heavy atom. The minimum absolute atomic E-state index is 0.199. The van der Waals surface area contributed by atoms with Gasteiger partial charge in [0.25, 0.3) is 10.0 Å². The summed E-state index contributed by atoms with van der Waals surface area (Å²) >= 11 is 1.23. The van der Waals surface area contributed by atoms with Gasteiger partial charge in [-0.05, 0) is 25.0 Å². The van der Waals surface area contributed by atoms with Crippen LogP contribution in [0.3, 0.4) is 0 Å². The molecular formula is C12H14N2O3S2. The fraction of sp³-hybridized carbons (Fsp3) is 0.250. The van der Waals surface area contributed by atoms with Crippen molar-refractivity contribution in [3.05, 3.63) is 34.8 Å². The highest BCUT2D eigenvalue weighted by Gasteiger charge is 2.20. The molecule has 1 N–H and O–H groups in total. The number of aryl methyl sites for hydroxylation is 2. The zero-order chi connectivity index (χ0) is 14.0. The Kier molecular flexibility index (Phi) is 3.77. The van der Waals surface area contributed by atoms with Crippen molar-refractivity contribution in [3.8, 4) is 5.75 Å². The molecule has 0 aliphatic heterocycles. The summed E-state index contributed by atoms with van der Waals surface area (Å²) in [4.78, 5) is 4.11. The predicted molar refractivity (Wildman–Crippen MR) is 75.4 cm³/mol. The Hall–Kier alpha value is -1.60. The lowest BCUT2D eigenvalue weighted by atomic mass is 10.1. The fourth-order valence-corrected chi connectivity index (χ4v) is 3.80. The lowest BCUT2D eigenvalue weighted by molar-refractivity contribution is 0.410. The van der Waals surface area contributed by atoms with Gasteiger partial charge < -0.3 is 4.74 Å². The molecule has 0 fully saturated rings. The van der Waals surface area contributed by atoms with Crippen LogP contribution < -0.4 is 9.46 Å². The third kappa shape index (κ3) is 2.87. The monoisotopic (exact) mass is 298 g/mol. The lowest BCUT2D eigenvalue weighted by Gasteiger charge is -2.12. The van der Waals surface area contributed by atoms with Crippen molar-refractivity contribution in [1.82, 2.24) is 4.98 Å². The SMILES string of the molecule is COc1cc(S(=O)(=O)Nc2nccs2)c(C)cc1C. The molecule has 0 aliphatic carbocycles. The summed E-state index contributed by atoms with van der Waals surface area (Å²) in [5.41, 5.74) is 1.57. The zero-order valence-corrected chi connectivity index (χ0v) is 12.4. The van der Waals surface area contributed by atoms with Crippen molar-refractivity contribution >= 4 is 26.5 Å². The highest BCUT2D eigenvalue weighted by Crippen LogP contribution is 2.27. The van der Waals surface area contributed by atoms with Gasteiger partial charge in [-0.15, -0.1) is 11.3 Å². The Bertz CT molecular complexity index is 679. The van der Waals surface area contributed by atoms with Crippen LogP contribution >= 0.6 is 11.3 Å². The second-order valence-electron chi connectivity index (χ2n) is 4.03. The minimum atomic E-state index is -3.65. The van der Waals surface area contributed by atoms with Crippen LogP contribution in [0.4, 0.5) is 5.13 Å². The Morgan fingerprint density at radius 2 is 2.00 bits per heavy atom. The Labute approximate surface area is 116 Å². The molecule has 2 aromatic rings. The van der Waals surface area contributed by atoms with Gasteiger partial charge in [-0.2, -0.15) is 0 Å². The number of benzene rings is 1.